The number of hydrogen-bond donors (Lipinski definition) is 2. The topological polar surface area (TPSA) is 59.6 Å². The lowest BCUT2D eigenvalue weighted by atomic mass is 10.0. The van der Waals surface area contributed by atoms with Crippen molar-refractivity contribution in [1.29, 1.82) is 0 Å². The minimum atomic E-state index is -0.546. The van der Waals surface area contributed by atoms with E-state index in [1.54, 1.807) is 26.8 Å². The van der Waals surface area contributed by atoms with Gasteiger partial charge in [0.05, 0.1) is 11.6 Å². The van der Waals surface area contributed by atoms with Crippen molar-refractivity contribution in [2.24, 2.45) is 0 Å². The molecule has 2 rings (SSSR count). The number of ether oxygens (including phenoxy) is 2. The van der Waals surface area contributed by atoms with E-state index < -0.39 is 17.5 Å². The number of hydrogen-bond acceptors (Lipinski definition) is 4. The molecule has 0 aromatic heterocycles. The van der Waals surface area contributed by atoms with Crippen molar-refractivity contribution in [2.75, 3.05) is 20.2 Å². The molecule has 0 atom stereocenters. The van der Waals surface area contributed by atoms with Crippen LogP contribution >= 0.6 is 11.6 Å². The molecule has 0 aliphatic heterocycles. The average molecular weight is 409 g/mol. The van der Waals surface area contributed by atoms with Crippen LogP contribution in [0.4, 0.5) is 9.18 Å². The molecule has 1 amide bonds. The Kier molecular flexibility index (Phi) is 7.66. The summed E-state index contributed by atoms with van der Waals surface area (Å²) in [5, 5.41) is 5.82. The van der Waals surface area contributed by atoms with Crippen LogP contribution in [0.2, 0.25) is 5.02 Å². The quantitative estimate of drug-likeness (QED) is 0.648. The highest BCUT2D eigenvalue weighted by atomic mass is 35.5. The summed E-state index contributed by atoms with van der Waals surface area (Å²) in [6.45, 7) is 6.62. The SMILES string of the molecule is CNCc1cc(OCCNC(=O)OC(C)(C)C)cc(-c2ccc(Cl)c(F)c2)c1. The molecule has 0 unspecified atom stereocenters. The van der Waals surface area contributed by atoms with Gasteiger partial charge in [-0.15, -0.1) is 0 Å². The van der Waals surface area contributed by atoms with Gasteiger partial charge in [0.2, 0.25) is 0 Å². The van der Waals surface area contributed by atoms with E-state index in [4.69, 9.17) is 21.1 Å². The normalized spacial score (nSPS) is 11.2. The van der Waals surface area contributed by atoms with Crippen molar-refractivity contribution in [3.05, 3.63) is 52.8 Å². The summed E-state index contributed by atoms with van der Waals surface area (Å²) >= 11 is 5.78. The lowest BCUT2D eigenvalue weighted by molar-refractivity contribution is 0.0520. The number of benzene rings is 2. The summed E-state index contributed by atoms with van der Waals surface area (Å²) in [5.41, 5.74) is 1.97. The Bertz CT molecular complexity index is 822. The molecule has 2 aromatic rings. The Labute approximate surface area is 170 Å². The number of nitrogens with one attached hydrogen (secondary N) is 2. The Balaban J connectivity index is 2.06. The number of amides is 1. The fourth-order valence-corrected chi connectivity index (χ4v) is 2.65. The predicted octanol–water partition coefficient (Wildman–Crippen LogP) is 4.77. The van der Waals surface area contributed by atoms with Crippen molar-refractivity contribution in [1.82, 2.24) is 10.6 Å². The molecule has 28 heavy (non-hydrogen) atoms. The third-order valence-corrected chi connectivity index (χ3v) is 3.95. The van der Waals surface area contributed by atoms with Gasteiger partial charge in [-0.2, -0.15) is 0 Å². The third kappa shape index (κ3) is 7.02. The van der Waals surface area contributed by atoms with Gasteiger partial charge in [-0.1, -0.05) is 17.7 Å². The lowest BCUT2D eigenvalue weighted by Gasteiger charge is -2.19. The molecular weight excluding hydrogens is 383 g/mol. The Morgan fingerprint density at radius 1 is 1.14 bits per heavy atom. The molecule has 7 heteroatoms. The van der Waals surface area contributed by atoms with E-state index in [2.05, 4.69) is 10.6 Å². The maximum Gasteiger partial charge on any atom is 0.407 e. The molecule has 2 N–H and O–H groups in total. The molecule has 0 aliphatic carbocycles. The second-order valence-corrected chi connectivity index (χ2v) is 7.71. The Hall–Kier alpha value is -2.31. The van der Waals surface area contributed by atoms with Gasteiger partial charge in [-0.25, -0.2) is 9.18 Å². The van der Waals surface area contributed by atoms with Crippen LogP contribution in [0.25, 0.3) is 11.1 Å². The molecule has 0 bridgehead atoms. The summed E-state index contributed by atoms with van der Waals surface area (Å²) in [7, 11) is 1.85. The van der Waals surface area contributed by atoms with Gasteiger partial charge in [0.1, 0.15) is 23.8 Å². The zero-order valence-electron chi connectivity index (χ0n) is 16.6. The van der Waals surface area contributed by atoms with Gasteiger partial charge in [0.25, 0.3) is 0 Å². The van der Waals surface area contributed by atoms with Crippen LogP contribution in [0, 0.1) is 5.82 Å². The first-order valence-corrected chi connectivity index (χ1v) is 9.39. The molecule has 0 fully saturated rings. The van der Waals surface area contributed by atoms with Crippen LogP contribution in [0.5, 0.6) is 5.75 Å². The van der Waals surface area contributed by atoms with E-state index in [1.807, 2.05) is 25.2 Å². The Morgan fingerprint density at radius 2 is 1.89 bits per heavy atom. The van der Waals surface area contributed by atoms with Gasteiger partial charge in [-0.05, 0) is 74.8 Å². The van der Waals surface area contributed by atoms with Gasteiger partial charge in [0, 0.05) is 6.54 Å². The zero-order valence-corrected chi connectivity index (χ0v) is 17.3. The summed E-state index contributed by atoms with van der Waals surface area (Å²) in [5.74, 6) is 0.159. The predicted molar refractivity (Wildman–Crippen MR) is 109 cm³/mol. The van der Waals surface area contributed by atoms with Crippen LogP contribution < -0.4 is 15.4 Å². The van der Waals surface area contributed by atoms with Gasteiger partial charge >= 0.3 is 6.09 Å². The first-order chi connectivity index (χ1) is 13.2. The second-order valence-electron chi connectivity index (χ2n) is 7.30. The summed E-state index contributed by atoms with van der Waals surface area (Å²) in [4.78, 5) is 11.7. The van der Waals surface area contributed by atoms with Crippen molar-refractivity contribution in [3.63, 3.8) is 0 Å². The molecule has 2 aromatic carbocycles. The highest BCUT2D eigenvalue weighted by Crippen LogP contribution is 2.28. The molecule has 5 nitrogen and oxygen atoms in total. The summed E-state index contributed by atoms with van der Waals surface area (Å²) in [6, 6.07) is 10.4. The Morgan fingerprint density at radius 3 is 2.54 bits per heavy atom. The number of halogens is 2. The van der Waals surface area contributed by atoms with E-state index >= 15 is 0 Å². The molecular formula is C21H26ClFN2O3. The molecule has 0 spiro atoms. The van der Waals surface area contributed by atoms with Crippen LogP contribution in [-0.2, 0) is 11.3 Å². The standard InChI is InChI=1S/C21H26ClFN2O3/c1-21(2,3)28-20(26)25-7-8-27-17-10-14(13-24-4)9-16(11-17)15-5-6-18(22)19(23)12-15/h5-6,9-12,24H,7-8,13H2,1-4H3,(H,25,26). The van der Waals surface area contributed by atoms with Gasteiger partial charge < -0.3 is 20.1 Å². The van der Waals surface area contributed by atoms with E-state index in [-0.39, 0.29) is 11.6 Å². The molecule has 0 heterocycles. The van der Waals surface area contributed by atoms with Crippen molar-refractivity contribution in [2.45, 2.75) is 32.9 Å². The van der Waals surface area contributed by atoms with Gasteiger partial charge in [0.15, 0.2) is 0 Å². The van der Waals surface area contributed by atoms with Crippen LogP contribution in [0.3, 0.4) is 0 Å². The van der Waals surface area contributed by atoms with E-state index in [1.165, 1.54) is 12.1 Å². The minimum Gasteiger partial charge on any atom is -0.492 e. The number of carbonyl (C=O) groups is 1. The van der Waals surface area contributed by atoms with Crippen molar-refractivity contribution >= 4 is 17.7 Å². The number of rotatable bonds is 7. The number of carbonyl (C=O) groups excluding carboxylic acids is 1. The smallest absolute Gasteiger partial charge is 0.407 e. The first kappa shape index (κ1) is 22.0. The molecule has 0 radical (unpaired) electrons. The van der Waals surface area contributed by atoms with Crippen molar-refractivity contribution in [3.8, 4) is 16.9 Å². The van der Waals surface area contributed by atoms with Crippen LogP contribution in [-0.4, -0.2) is 31.9 Å². The average Bonchev–Trinajstić information content (AvgIpc) is 2.60. The second kappa shape index (κ2) is 9.75. The first-order valence-electron chi connectivity index (χ1n) is 9.01. The third-order valence-electron chi connectivity index (χ3n) is 3.64. The lowest BCUT2D eigenvalue weighted by Crippen LogP contribution is -2.34. The zero-order chi connectivity index (χ0) is 20.7. The monoisotopic (exact) mass is 408 g/mol. The fraction of sp³-hybridized carbons (Fsp3) is 0.381. The number of alkyl carbamates (subject to hydrolysis) is 1. The summed E-state index contributed by atoms with van der Waals surface area (Å²) in [6.07, 6.45) is -0.489. The minimum absolute atomic E-state index is 0.0832. The highest BCUT2D eigenvalue weighted by Gasteiger charge is 2.15. The highest BCUT2D eigenvalue weighted by molar-refractivity contribution is 6.30. The largest absolute Gasteiger partial charge is 0.492 e. The maximum absolute atomic E-state index is 13.8. The van der Waals surface area contributed by atoms with Crippen LogP contribution in [0.15, 0.2) is 36.4 Å². The fourth-order valence-electron chi connectivity index (χ4n) is 2.53. The van der Waals surface area contributed by atoms with Crippen molar-refractivity contribution < 1.29 is 18.7 Å². The van der Waals surface area contributed by atoms with E-state index in [0.29, 0.717) is 24.4 Å². The molecule has 0 aliphatic rings. The summed E-state index contributed by atoms with van der Waals surface area (Å²) < 4.78 is 24.8. The van der Waals surface area contributed by atoms with Gasteiger partial charge in [-0.3, -0.25) is 0 Å². The molecule has 0 saturated heterocycles. The maximum atomic E-state index is 13.8. The van der Waals surface area contributed by atoms with E-state index in [0.717, 1.165) is 11.1 Å². The van der Waals surface area contributed by atoms with Crippen LogP contribution in [0.1, 0.15) is 26.3 Å². The molecule has 0 saturated carbocycles. The van der Waals surface area contributed by atoms with E-state index in [9.17, 15) is 9.18 Å². The molecule has 152 valence electrons.